The summed E-state index contributed by atoms with van der Waals surface area (Å²) in [4.78, 5) is 21.3. The molecule has 1 aromatic carbocycles. The number of pyridine rings is 1. The second-order valence-corrected chi connectivity index (χ2v) is 5.14. The molecule has 0 atom stereocenters. The predicted molar refractivity (Wildman–Crippen MR) is 90.9 cm³/mol. The molecule has 0 radical (unpaired) electrons. The second kappa shape index (κ2) is 6.98. The minimum absolute atomic E-state index is 0.0328. The van der Waals surface area contributed by atoms with Gasteiger partial charge in [-0.25, -0.2) is 4.98 Å². The van der Waals surface area contributed by atoms with E-state index in [1.54, 1.807) is 23.0 Å². The quantitative estimate of drug-likeness (QED) is 0.785. The molecule has 0 amide bonds. The van der Waals surface area contributed by atoms with Crippen LogP contribution in [0.3, 0.4) is 0 Å². The van der Waals surface area contributed by atoms with Gasteiger partial charge in [-0.05, 0) is 42.3 Å². The molecule has 23 heavy (non-hydrogen) atoms. The monoisotopic (exact) mass is 307 g/mol. The fraction of sp³-hybridized carbons (Fsp3) is 0.167. The lowest BCUT2D eigenvalue weighted by atomic mass is 10.2. The largest absolute Gasteiger partial charge is 0.396 e. The molecule has 3 rings (SSSR count). The Hall–Kier alpha value is -2.79. The van der Waals surface area contributed by atoms with Gasteiger partial charge in [-0.2, -0.15) is 0 Å². The Balaban J connectivity index is 2.10. The zero-order valence-corrected chi connectivity index (χ0v) is 12.6. The molecule has 0 aliphatic heterocycles. The summed E-state index contributed by atoms with van der Waals surface area (Å²) in [7, 11) is 0. The summed E-state index contributed by atoms with van der Waals surface area (Å²) in [6.45, 7) is 0.463. The fourth-order valence-corrected chi connectivity index (χ4v) is 2.40. The van der Waals surface area contributed by atoms with E-state index in [0.717, 1.165) is 5.56 Å². The minimum Gasteiger partial charge on any atom is -0.396 e. The van der Waals surface area contributed by atoms with Gasteiger partial charge < -0.3 is 5.11 Å². The highest BCUT2D eigenvalue weighted by Crippen LogP contribution is 2.11. The molecule has 0 saturated heterocycles. The summed E-state index contributed by atoms with van der Waals surface area (Å²) in [5, 5.41) is 9.66. The highest BCUT2D eigenvalue weighted by molar-refractivity contribution is 5.79. The Morgan fingerprint density at radius 2 is 2.00 bits per heavy atom. The van der Waals surface area contributed by atoms with Gasteiger partial charge in [0.05, 0.1) is 10.9 Å². The van der Waals surface area contributed by atoms with Crippen LogP contribution in [0, 0.1) is 0 Å². The summed E-state index contributed by atoms with van der Waals surface area (Å²) in [5.74, 6) is 0.575. The van der Waals surface area contributed by atoms with Gasteiger partial charge in [-0.3, -0.25) is 14.3 Å². The maximum atomic E-state index is 12.7. The normalized spacial score (nSPS) is 11.3. The van der Waals surface area contributed by atoms with Crippen molar-refractivity contribution >= 4 is 23.1 Å². The lowest BCUT2D eigenvalue weighted by Crippen LogP contribution is -2.24. The molecule has 5 nitrogen and oxygen atoms in total. The first-order valence-electron chi connectivity index (χ1n) is 7.48. The Morgan fingerprint density at radius 3 is 2.78 bits per heavy atom. The third kappa shape index (κ3) is 3.35. The number of fused-ring (bicyclic) bond motifs is 1. The van der Waals surface area contributed by atoms with E-state index in [-0.39, 0.29) is 12.2 Å². The smallest absolute Gasteiger partial charge is 0.261 e. The standard InChI is InChI=1S/C18H17N3O2/c22-12-4-11-21-17(9-8-14-5-3-10-19-13-14)20-16-7-2-1-6-15(16)18(21)23/h1-3,5-10,13,22H,4,11-12H2/b9-8+. The van der Waals surface area contributed by atoms with Gasteiger partial charge in [0, 0.05) is 25.5 Å². The molecule has 1 N–H and O–H groups in total. The third-order valence-electron chi connectivity index (χ3n) is 3.54. The molecule has 0 aliphatic carbocycles. The van der Waals surface area contributed by atoms with E-state index in [1.807, 2.05) is 42.5 Å². The molecule has 0 fully saturated rings. The van der Waals surface area contributed by atoms with Crippen LogP contribution in [-0.4, -0.2) is 26.2 Å². The van der Waals surface area contributed by atoms with Crippen LogP contribution >= 0.6 is 0 Å². The number of hydrogen-bond acceptors (Lipinski definition) is 4. The SMILES string of the molecule is O=c1c2ccccc2nc(/C=C/c2cccnc2)n1CCCO. The molecular weight excluding hydrogens is 290 g/mol. The van der Waals surface area contributed by atoms with Crippen LogP contribution in [0.5, 0.6) is 0 Å². The number of aliphatic hydroxyl groups is 1. The molecule has 0 spiro atoms. The number of para-hydroxylation sites is 1. The van der Waals surface area contributed by atoms with E-state index in [9.17, 15) is 4.79 Å². The van der Waals surface area contributed by atoms with Crippen molar-refractivity contribution in [3.8, 4) is 0 Å². The second-order valence-electron chi connectivity index (χ2n) is 5.14. The van der Waals surface area contributed by atoms with Crippen LogP contribution in [0.15, 0.2) is 53.6 Å². The maximum Gasteiger partial charge on any atom is 0.261 e. The molecule has 5 heteroatoms. The lowest BCUT2D eigenvalue weighted by Gasteiger charge is -2.10. The summed E-state index contributed by atoms with van der Waals surface area (Å²) < 4.78 is 1.60. The zero-order chi connectivity index (χ0) is 16.1. The van der Waals surface area contributed by atoms with Crippen LogP contribution in [0.4, 0.5) is 0 Å². The average molecular weight is 307 g/mol. The molecule has 0 saturated carbocycles. The van der Waals surface area contributed by atoms with Crippen molar-refractivity contribution in [3.05, 3.63) is 70.5 Å². The Bertz CT molecular complexity index is 886. The zero-order valence-electron chi connectivity index (χ0n) is 12.6. The van der Waals surface area contributed by atoms with Crippen LogP contribution < -0.4 is 5.56 Å². The van der Waals surface area contributed by atoms with Crippen molar-refractivity contribution in [1.82, 2.24) is 14.5 Å². The third-order valence-corrected chi connectivity index (χ3v) is 3.54. The molecule has 0 aliphatic rings. The number of rotatable bonds is 5. The van der Waals surface area contributed by atoms with E-state index >= 15 is 0 Å². The maximum absolute atomic E-state index is 12.7. The molecular formula is C18H17N3O2. The van der Waals surface area contributed by atoms with Crippen molar-refractivity contribution in [2.24, 2.45) is 0 Å². The van der Waals surface area contributed by atoms with E-state index in [1.165, 1.54) is 0 Å². The molecule has 0 unspecified atom stereocenters. The Morgan fingerprint density at radius 1 is 1.13 bits per heavy atom. The summed E-state index contributed by atoms with van der Waals surface area (Å²) in [6.07, 6.45) is 7.64. The Kier molecular flexibility index (Phi) is 4.59. The molecule has 3 aromatic rings. The van der Waals surface area contributed by atoms with Crippen LogP contribution in [0.1, 0.15) is 17.8 Å². The highest BCUT2D eigenvalue weighted by atomic mass is 16.3. The van der Waals surface area contributed by atoms with Crippen molar-refractivity contribution in [1.29, 1.82) is 0 Å². The van der Waals surface area contributed by atoms with Crippen LogP contribution in [0.25, 0.3) is 23.1 Å². The molecule has 0 bridgehead atoms. The Labute approximate surface area is 133 Å². The van der Waals surface area contributed by atoms with Gasteiger partial charge in [-0.15, -0.1) is 0 Å². The van der Waals surface area contributed by atoms with Gasteiger partial charge in [0.25, 0.3) is 5.56 Å². The first kappa shape index (κ1) is 15.1. The average Bonchev–Trinajstić information content (AvgIpc) is 2.60. The molecule has 2 aromatic heterocycles. The molecule has 116 valence electrons. The topological polar surface area (TPSA) is 68.0 Å². The number of nitrogens with zero attached hydrogens (tertiary/aromatic N) is 3. The van der Waals surface area contributed by atoms with Crippen molar-refractivity contribution in [3.63, 3.8) is 0 Å². The van der Waals surface area contributed by atoms with Gasteiger partial charge in [0.15, 0.2) is 0 Å². The van der Waals surface area contributed by atoms with Gasteiger partial charge >= 0.3 is 0 Å². The van der Waals surface area contributed by atoms with Crippen molar-refractivity contribution in [2.45, 2.75) is 13.0 Å². The predicted octanol–water partition coefficient (Wildman–Crippen LogP) is 2.34. The highest BCUT2D eigenvalue weighted by Gasteiger charge is 2.08. The summed E-state index contributed by atoms with van der Waals surface area (Å²) >= 11 is 0. The van der Waals surface area contributed by atoms with Gasteiger partial charge in [0.2, 0.25) is 0 Å². The van der Waals surface area contributed by atoms with E-state index in [0.29, 0.717) is 29.7 Å². The minimum atomic E-state index is -0.0881. The van der Waals surface area contributed by atoms with Gasteiger partial charge in [-0.1, -0.05) is 18.2 Å². The van der Waals surface area contributed by atoms with Gasteiger partial charge in [0.1, 0.15) is 5.82 Å². The van der Waals surface area contributed by atoms with Crippen LogP contribution in [-0.2, 0) is 6.54 Å². The first-order chi connectivity index (χ1) is 11.3. The van der Waals surface area contributed by atoms with E-state index in [2.05, 4.69) is 9.97 Å². The fourth-order valence-electron chi connectivity index (χ4n) is 2.40. The first-order valence-corrected chi connectivity index (χ1v) is 7.48. The van der Waals surface area contributed by atoms with Crippen molar-refractivity contribution in [2.75, 3.05) is 6.61 Å². The number of hydrogen-bond donors (Lipinski definition) is 1. The molecule has 2 heterocycles. The number of benzene rings is 1. The number of aliphatic hydroxyl groups excluding tert-OH is 1. The summed E-state index contributed by atoms with van der Waals surface area (Å²) in [5.41, 5.74) is 1.52. The lowest BCUT2D eigenvalue weighted by molar-refractivity contribution is 0.278. The number of aromatic nitrogens is 3. The van der Waals surface area contributed by atoms with Crippen LogP contribution in [0.2, 0.25) is 0 Å². The summed E-state index contributed by atoms with van der Waals surface area (Å²) in [6, 6.07) is 11.1. The van der Waals surface area contributed by atoms with Crippen molar-refractivity contribution < 1.29 is 5.11 Å². The van der Waals surface area contributed by atoms with E-state index < -0.39 is 0 Å². The van der Waals surface area contributed by atoms with E-state index in [4.69, 9.17) is 5.11 Å².